The van der Waals surface area contributed by atoms with E-state index in [9.17, 15) is 0 Å². The van der Waals surface area contributed by atoms with Gasteiger partial charge in [-0.25, -0.2) is 4.98 Å². The first-order chi connectivity index (χ1) is 9.06. The van der Waals surface area contributed by atoms with Gasteiger partial charge in [-0.2, -0.15) is 0 Å². The molecule has 96 valence electrons. The van der Waals surface area contributed by atoms with Crippen molar-refractivity contribution in [3.05, 3.63) is 47.0 Å². The maximum atomic E-state index is 5.98. The minimum atomic E-state index is 0.649. The number of hydrogen-bond donors (Lipinski definition) is 1. The van der Waals surface area contributed by atoms with Crippen molar-refractivity contribution in [2.75, 3.05) is 5.73 Å². The summed E-state index contributed by atoms with van der Waals surface area (Å²) in [7, 11) is 0. The van der Waals surface area contributed by atoms with E-state index < -0.39 is 0 Å². The van der Waals surface area contributed by atoms with Crippen LogP contribution in [0.2, 0.25) is 0 Å². The predicted molar refractivity (Wildman–Crippen MR) is 78.1 cm³/mol. The maximum absolute atomic E-state index is 5.98. The number of nitrogens with two attached hydrogens (primary N) is 1. The molecule has 0 unspecified atom stereocenters. The highest BCUT2D eigenvalue weighted by molar-refractivity contribution is 5.86. The molecule has 0 amide bonds. The Hall–Kier alpha value is -2.29. The Labute approximate surface area is 112 Å². The van der Waals surface area contributed by atoms with Gasteiger partial charge in [0.1, 0.15) is 5.52 Å². The van der Waals surface area contributed by atoms with Crippen LogP contribution in [0.3, 0.4) is 0 Å². The van der Waals surface area contributed by atoms with Crippen molar-refractivity contribution in [2.45, 2.75) is 20.8 Å². The lowest BCUT2D eigenvalue weighted by atomic mass is 10.1. The smallest absolute Gasteiger partial charge is 0.227 e. The van der Waals surface area contributed by atoms with Gasteiger partial charge >= 0.3 is 0 Å². The van der Waals surface area contributed by atoms with Crippen molar-refractivity contribution < 1.29 is 4.42 Å². The molecule has 0 saturated heterocycles. The standard InChI is InChI=1S/C16H16N2O/c1-9-5-4-6-12(7-9)16-18-14-11(3)13(17)8-10(2)15(14)19-16/h4-8H,17H2,1-3H3. The molecule has 1 aromatic heterocycles. The number of anilines is 1. The fourth-order valence-electron chi connectivity index (χ4n) is 2.29. The van der Waals surface area contributed by atoms with Gasteiger partial charge in [-0.05, 0) is 44.5 Å². The molecule has 0 atom stereocenters. The zero-order chi connectivity index (χ0) is 13.6. The summed E-state index contributed by atoms with van der Waals surface area (Å²) in [5, 5.41) is 0. The molecule has 0 spiro atoms. The van der Waals surface area contributed by atoms with Gasteiger partial charge in [-0.1, -0.05) is 17.7 Å². The molecule has 0 radical (unpaired) electrons. The van der Waals surface area contributed by atoms with Gasteiger partial charge < -0.3 is 10.2 Å². The van der Waals surface area contributed by atoms with E-state index in [4.69, 9.17) is 10.2 Å². The summed E-state index contributed by atoms with van der Waals surface area (Å²) in [5.41, 5.74) is 12.6. The van der Waals surface area contributed by atoms with Crippen LogP contribution < -0.4 is 5.73 Å². The first kappa shape index (κ1) is 11.8. The Bertz CT molecular complexity index is 772. The van der Waals surface area contributed by atoms with Crippen LogP contribution in [0.1, 0.15) is 16.7 Å². The van der Waals surface area contributed by atoms with Crippen LogP contribution in [0.4, 0.5) is 5.69 Å². The maximum Gasteiger partial charge on any atom is 0.227 e. The van der Waals surface area contributed by atoms with E-state index in [1.807, 2.05) is 32.0 Å². The second-order valence-electron chi connectivity index (χ2n) is 4.97. The van der Waals surface area contributed by atoms with Gasteiger partial charge in [0, 0.05) is 16.8 Å². The highest BCUT2D eigenvalue weighted by atomic mass is 16.3. The lowest BCUT2D eigenvalue weighted by Crippen LogP contribution is -1.91. The topological polar surface area (TPSA) is 52.0 Å². The number of rotatable bonds is 1. The van der Waals surface area contributed by atoms with Crippen molar-refractivity contribution in [2.24, 2.45) is 0 Å². The number of fused-ring (bicyclic) bond motifs is 1. The minimum Gasteiger partial charge on any atom is -0.436 e. The Morgan fingerprint density at radius 1 is 1.11 bits per heavy atom. The van der Waals surface area contributed by atoms with Gasteiger partial charge in [-0.3, -0.25) is 0 Å². The number of aromatic nitrogens is 1. The molecule has 0 saturated carbocycles. The lowest BCUT2D eigenvalue weighted by Gasteiger charge is -2.01. The Morgan fingerprint density at radius 2 is 1.89 bits per heavy atom. The third kappa shape index (κ3) is 1.87. The predicted octanol–water partition coefficient (Wildman–Crippen LogP) is 4.00. The van der Waals surface area contributed by atoms with E-state index in [-0.39, 0.29) is 0 Å². The van der Waals surface area contributed by atoms with Crippen LogP contribution in [0.15, 0.2) is 34.7 Å². The molecule has 3 aromatic rings. The summed E-state index contributed by atoms with van der Waals surface area (Å²) in [6.07, 6.45) is 0. The van der Waals surface area contributed by atoms with E-state index in [1.165, 1.54) is 5.56 Å². The SMILES string of the molecule is Cc1cccc(-c2nc3c(C)c(N)cc(C)c3o2)c1. The summed E-state index contributed by atoms with van der Waals surface area (Å²) in [4.78, 5) is 4.60. The molecule has 0 fully saturated rings. The first-order valence-corrected chi connectivity index (χ1v) is 6.29. The van der Waals surface area contributed by atoms with Gasteiger partial charge in [0.05, 0.1) is 0 Å². The third-order valence-electron chi connectivity index (χ3n) is 3.41. The van der Waals surface area contributed by atoms with Crippen molar-refractivity contribution in [1.82, 2.24) is 4.98 Å². The highest BCUT2D eigenvalue weighted by Crippen LogP contribution is 2.31. The normalized spacial score (nSPS) is 11.1. The van der Waals surface area contributed by atoms with E-state index in [0.717, 1.165) is 33.5 Å². The van der Waals surface area contributed by atoms with Crippen LogP contribution >= 0.6 is 0 Å². The number of nitrogen functional groups attached to an aromatic ring is 1. The quantitative estimate of drug-likeness (QED) is 0.666. The highest BCUT2D eigenvalue weighted by Gasteiger charge is 2.14. The fourth-order valence-corrected chi connectivity index (χ4v) is 2.29. The second kappa shape index (κ2) is 4.12. The van der Waals surface area contributed by atoms with Crippen LogP contribution in [0.5, 0.6) is 0 Å². The minimum absolute atomic E-state index is 0.649. The van der Waals surface area contributed by atoms with E-state index >= 15 is 0 Å². The van der Waals surface area contributed by atoms with Crippen LogP contribution in [0, 0.1) is 20.8 Å². The molecule has 2 aromatic carbocycles. The molecular weight excluding hydrogens is 236 g/mol. The average molecular weight is 252 g/mol. The average Bonchev–Trinajstić information content (AvgIpc) is 2.82. The van der Waals surface area contributed by atoms with Crippen molar-refractivity contribution in [3.63, 3.8) is 0 Å². The molecule has 3 rings (SSSR count). The van der Waals surface area contributed by atoms with Gasteiger partial charge in [0.2, 0.25) is 5.89 Å². The Kier molecular flexibility index (Phi) is 2.56. The molecule has 0 aliphatic rings. The molecule has 19 heavy (non-hydrogen) atoms. The number of nitrogens with zero attached hydrogens (tertiary/aromatic N) is 1. The molecule has 3 nitrogen and oxygen atoms in total. The molecule has 2 N–H and O–H groups in total. The van der Waals surface area contributed by atoms with Gasteiger partial charge in [0.25, 0.3) is 0 Å². The van der Waals surface area contributed by atoms with Gasteiger partial charge in [-0.15, -0.1) is 0 Å². The second-order valence-corrected chi connectivity index (χ2v) is 4.97. The van der Waals surface area contributed by atoms with Crippen LogP contribution in [0.25, 0.3) is 22.6 Å². The summed E-state index contributed by atoms with van der Waals surface area (Å²) in [5.74, 6) is 0.649. The summed E-state index contributed by atoms with van der Waals surface area (Å²) in [6.45, 7) is 6.02. The summed E-state index contributed by atoms with van der Waals surface area (Å²) >= 11 is 0. The zero-order valence-electron chi connectivity index (χ0n) is 11.3. The molecule has 3 heteroatoms. The molecule has 0 aliphatic carbocycles. The van der Waals surface area contributed by atoms with Crippen LogP contribution in [-0.4, -0.2) is 4.98 Å². The largest absolute Gasteiger partial charge is 0.436 e. The van der Waals surface area contributed by atoms with E-state index in [0.29, 0.717) is 5.89 Å². The molecule has 0 bridgehead atoms. The molecule has 1 heterocycles. The summed E-state index contributed by atoms with van der Waals surface area (Å²) in [6, 6.07) is 10.1. The van der Waals surface area contributed by atoms with Crippen molar-refractivity contribution in [3.8, 4) is 11.5 Å². The van der Waals surface area contributed by atoms with E-state index in [1.54, 1.807) is 0 Å². The Morgan fingerprint density at radius 3 is 2.63 bits per heavy atom. The summed E-state index contributed by atoms with van der Waals surface area (Å²) < 4.78 is 5.91. The molecule has 0 aliphatic heterocycles. The monoisotopic (exact) mass is 252 g/mol. The fraction of sp³-hybridized carbons (Fsp3) is 0.188. The van der Waals surface area contributed by atoms with E-state index in [2.05, 4.69) is 24.0 Å². The van der Waals surface area contributed by atoms with Gasteiger partial charge in [0.15, 0.2) is 5.58 Å². The molecular formula is C16H16N2O. The van der Waals surface area contributed by atoms with Crippen LogP contribution in [-0.2, 0) is 0 Å². The zero-order valence-corrected chi connectivity index (χ0v) is 11.3. The lowest BCUT2D eigenvalue weighted by molar-refractivity contribution is 0.617. The number of oxazole rings is 1. The number of hydrogen-bond acceptors (Lipinski definition) is 3. The Balaban J connectivity index is 2.28. The third-order valence-corrected chi connectivity index (χ3v) is 3.41. The van der Waals surface area contributed by atoms with Crippen molar-refractivity contribution in [1.29, 1.82) is 0 Å². The van der Waals surface area contributed by atoms with Crippen molar-refractivity contribution >= 4 is 16.8 Å². The first-order valence-electron chi connectivity index (χ1n) is 6.29. The number of aryl methyl sites for hydroxylation is 3. The number of benzene rings is 2.